The van der Waals surface area contributed by atoms with Crippen molar-refractivity contribution in [1.29, 1.82) is 0 Å². The van der Waals surface area contributed by atoms with Gasteiger partial charge in [0.05, 0.1) is 22.4 Å². The Labute approximate surface area is 161 Å². The van der Waals surface area contributed by atoms with E-state index >= 15 is 0 Å². The van der Waals surface area contributed by atoms with Crippen LogP contribution in [0.5, 0.6) is 0 Å². The molecule has 0 unspecified atom stereocenters. The molecule has 0 aliphatic heterocycles. The van der Waals surface area contributed by atoms with Gasteiger partial charge in [0.15, 0.2) is 0 Å². The molecule has 1 aliphatic rings. The smallest absolute Gasteiger partial charge is 0.303 e. The fourth-order valence-electron chi connectivity index (χ4n) is 4.25. The molecule has 0 fully saturated rings. The standard InChI is InChI=1S/C22H20N2O4/c1-13-5-4-8-16-19(13)24-20-14-6-2-3-7-15(14)22(21(20)23-16,11-9-17(25)26)12-10-18(27)28/h2-8H,9-12H2,1H3,(H,25,26)(H,27,28). The first-order chi connectivity index (χ1) is 13.4. The van der Waals surface area contributed by atoms with Crippen LogP contribution in [0.15, 0.2) is 42.5 Å². The van der Waals surface area contributed by atoms with Crippen LogP contribution in [0.2, 0.25) is 0 Å². The largest absolute Gasteiger partial charge is 0.481 e. The van der Waals surface area contributed by atoms with Crippen LogP contribution in [0.3, 0.4) is 0 Å². The second-order valence-corrected chi connectivity index (χ2v) is 7.28. The summed E-state index contributed by atoms with van der Waals surface area (Å²) < 4.78 is 0. The SMILES string of the molecule is Cc1cccc2nc3c(nc12)-c1ccccc1C3(CCC(=O)O)CCC(=O)O. The van der Waals surface area contributed by atoms with Crippen molar-refractivity contribution in [2.24, 2.45) is 0 Å². The maximum Gasteiger partial charge on any atom is 0.303 e. The number of aryl methyl sites for hydroxylation is 1. The highest BCUT2D eigenvalue weighted by Crippen LogP contribution is 2.52. The van der Waals surface area contributed by atoms with Crippen molar-refractivity contribution in [2.45, 2.75) is 38.0 Å². The number of rotatable bonds is 6. The molecule has 0 spiro atoms. The Balaban J connectivity index is 2.00. The highest BCUT2D eigenvalue weighted by atomic mass is 16.4. The summed E-state index contributed by atoms with van der Waals surface area (Å²) in [4.78, 5) is 32.5. The Hall–Kier alpha value is -3.28. The molecule has 1 aromatic heterocycles. The van der Waals surface area contributed by atoms with E-state index in [1.165, 1.54) is 0 Å². The normalized spacial score (nSPS) is 13.9. The van der Waals surface area contributed by atoms with Crippen molar-refractivity contribution >= 4 is 23.0 Å². The number of hydrogen-bond acceptors (Lipinski definition) is 4. The number of nitrogens with zero attached hydrogens (tertiary/aromatic N) is 2. The average Bonchev–Trinajstić information content (AvgIpc) is 2.94. The van der Waals surface area contributed by atoms with Gasteiger partial charge in [0.1, 0.15) is 0 Å². The van der Waals surface area contributed by atoms with Gasteiger partial charge in [-0.2, -0.15) is 0 Å². The van der Waals surface area contributed by atoms with Gasteiger partial charge in [0.2, 0.25) is 0 Å². The fourth-order valence-corrected chi connectivity index (χ4v) is 4.25. The van der Waals surface area contributed by atoms with Crippen molar-refractivity contribution < 1.29 is 19.8 Å². The maximum absolute atomic E-state index is 11.4. The summed E-state index contributed by atoms with van der Waals surface area (Å²) in [5.41, 5.74) is 5.03. The third kappa shape index (κ3) is 2.81. The van der Waals surface area contributed by atoms with Crippen LogP contribution >= 0.6 is 0 Å². The number of fused-ring (bicyclic) bond motifs is 4. The van der Waals surface area contributed by atoms with Gasteiger partial charge in [0.25, 0.3) is 0 Å². The van der Waals surface area contributed by atoms with Gasteiger partial charge >= 0.3 is 11.9 Å². The number of carboxylic acids is 2. The second-order valence-electron chi connectivity index (χ2n) is 7.28. The van der Waals surface area contributed by atoms with Crippen LogP contribution in [-0.4, -0.2) is 32.1 Å². The molecule has 4 rings (SSSR count). The van der Waals surface area contributed by atoms with E-state index in [4.69, 9.17) is 9.97 Å². The van der Waals surface area contributed by atoms with Gasteiger partial charge in [-0.1, -0.05) is 36.4 Å². The lowest BCUT2D eigenvalue weighted by Gasteiger charge is -2.30. The lowest BCUT2D eigenvalue weighted by atomic mass is 9.73. The maximum atomic E-state index is 11.4. The molecule has 1 heterocycles. The Bertz CT molecular complexity index is 1090. The van der Waals surface area contributed by atoms with Crippen molar-refractivity contribution in [3.8, 4) is 11.3 Å². The first kappa shape index (κ1) is 18.1. The van der Waals surface area contributed by atoms with Crippen LogP contribution < -0.4 is 0 Å². The van der Waals surface area contributed by atoms with Gasteiger partial charge in [-0.05, 0) is 37.0 Å². The highest BCUT2D eigenvalue weighted by molar-refractivity contribution is 5.86. The third-order valence-corrected chi connectivity index (χ3v) is 5.58. The minimum atomic E-state index is -0.912. The number of carboxylic acid groups (broad SMARTS) is 2. The minimum absolute atomic E-state index is 0.0685. The molecule has 0 amide bonds. The first-order valence-electron chi connectivity index (χ1n) is 9.24. The third-order valence-electron chi connectivity index (χ3n) is 5.58. The molecule has 6 nitrogen and oxygen atoms in total. The zero-order valence-corrected chi connectivity index (χ0v) is 15.5. The van der Waals surface area contributed by atoms with Crippen molar-refractivity contribution in [3.63, 3.8) is 0 Å². The van der Waals surface area contributed by atoms with Crippen molar-refractivity contribution in [1.82, 2.24) is 9.97 Å². The van der Waals surface area contributed by atoms with E-state index in [0.29, 0.717) is 5.69 Å². The van der Waals surface area contributed by atoms with Crippen molar-refractivity contribution in [2.75, 3.05) is 0 Å². The summed E-state index contributed by atoms with van der Waals surface area (Å²) in [5, 5.41) is 18.6. The number of hydrogen-bond donors (Lipinski definition) is 2. The van der Waals surface area contributed by atoms with Crippen LogP contribution in [0.25, 0.3) is 22.3 Å². The molecule has 0 radical (unpaired) electrons. The van der Waals surface area contributed by atoms with E-state index in [0.717, 1.165) is 33.4 Å². The molecule has 0 saturated carbocycles. The average molecular weight is 376 g/mol. The van der Waals surface area contributed by atoms with Crippen LogP contribution in [0, 0.1) is 6.92 Å². The number of carbonyl (C=O) groups is 2. The fraction of sp³-hybridized carbons (Fsp3) is 0.273. The van der Waals surface area contributed by atoms with Crippen LogP contribution in [0.4, 0.5) is 0 Å². The first-order valence-corrected chi connectivity index (χ1v) is 9.24. The Morgan fingerprint density at radius 2 is 1.61 bits per heavy atom. The molecule has 0 bridgehead atoms. The van der Waals surface area contributed by atoms with Crippen molar-refractivity contribution in [3.05, 3.63) is 59.3 Å². The lowest BCUT2D eigenvalue weighted by molar-refractivity contribution is -0.137. The summed E-state index contributed by atoms with van der Waals surface area (Å²) in [5.74, 6) is -1.82. The molecule has 0 atom stereocenters. The summed E-state index contributed by atoms with van der Waals surface area (Å²) >= 11 is 0. The van der Waals surface area contributed by atoms with Gasteiger partial charge in [-0.25, -0.2) is 9.97 Å². The molecule has 142 valence electrons. The number of aromatic nitrogens is 2. The van der Waals surface area contributed by atoms with Gasteiger partial charge in [-0.3, -0.25) is 9.59 Å². The number of para-hydroxylation sites is 1. The summed E-state index contributed by atoms with van der Waals surface area (Å²) in [6.07, 6.45) is 0.430. The van der Waals surface area contributed by atoms with Crippen LogP contribution in [-0.2, 0) is 15.0 Å². The second kappa shape index (κ2) is 6.71. The monoisotopic (exact) mass is 376 g/mol. The van der Waals surface area contributed by atoms with E-state index in [1.54, 1.807) is 0 Å². The quantitative estimate of drug-likeness (QED) is 0.676. The molecule has 3 aromatic rings. The summed E-state index contributed by atoms with van der Waals surface area (Å²) in [7, 11) is 0. The Morgan fingerprint density at radius 3 is 2.29 bits per heavy atom. The Kier molecular flexibility index (Phi) is 4.34. The van der Waals surface area contributed by atoms with E-state index in [9.17, 15) is 19.8 Å². The Morgan fingerprint density at radius 1 is 0.929 bits per heavy atom. The highest BCUT2D eigenvalue weighted by Gasteiger charge is 2.45. The topological polar surface area (TPSA) is 100 Å². The van der Waals surface area contributed by atoms with Gasteiger partial charge < -0.3 is 10.2 Å². The van der Waals surface area contributed by atoms with E-state index < -0.39 is 17.4 Å². The zero-order valence-electron chi connectivity index (χ0n) is 15.5. The number of aliphatic carboxylic acids is 2. The predicted octanol–water partition coefficient (Wildman–Crippen LogP) is 3.93. The molecule has 28 heavy (non-hydrogen) atoms. The predicted molar refractivity (Wildman–Crippen MR) is 104 cm³/mol. The number of benzene rings is 2. The van der Waals surface area contributed by atoms with E-state index in [-0.39, 0.29) is 25.7 Å². The van der Waals surface area contributed by atoms with Crippen LogP contribution in [0.1, 0.15) is 42.5 Å². The summed E-state index contributed by atoms with van der Waals surface area (Å²) in [6, 6.07) is 13.5. The molecular weight excluding hydrogens is 356 g/mol. The molecule has 1 aliphatic carbocycles. The minimum Gasteiger partial charge on any atom is -0.481 e. The molecule has 2 aromatic carbocycles. The zero-order chi connectivity index (χ0) is 19.9. The molecule has 0 saturated heterocycles. The van der Waals surface area contributed by atoms with E-state index in [1.807, 2.05) is 49.4 Å². The molecule has 6 heteroatoms. The molecule has 2 N–H and O–H groups in total. The lowest BCUT2D eigenvalue weighted by Crippen LogP contribution is -2.28. The van der Waals surface area contributed by atoms with E-state index in [2.05, 4.69) is 0 Å². The summed E-state index contributed by atoms with van der Waals surface area (Å²) in [6.45, 7) is 1.98. The molecular formula is C22H20N2O4. The van der Waals surface area contributed by atoms with Gasteiger partial charge in [0, 0.05) is 23.8 Å². The van der Waals surface area contributed by atoms with Gasteiger partial charge in [-0.15, -0.1) is 0 Å².